The molecule has 0 spiro atoms. The summed E-state index contributed by atoms with van der Waals surface area (Å²) in [5.41, 5.74) is 4.71. The fourth-order valence-electron chi connectivity index (χ4n) is 3.85. The van der Waals surface area contributed by atoms with Gasteiger partial charge in [-0.2, -0.15) is 0 Å². The van der Waals surface area contributed by atoms with E-state index in [0.717, 1.165) is 44.6 Å². The molecule has 4 aromatic rings. The van der Waals surface area contributed by atoms with Gasteiger partial charge in [0.1, 0.15) is 10.7 Å². The number of rotatable bonds is 5. The van der Waals surface area contributed by atoms with Crippen LogP contribution in [0.5, 0.6) is 0 Å². The first-order chi connectivity index (χ1) is 15.0. The largest absolute Gasteiger partial charge is 0.330 e. The fourth-order valence-corrected chi connectivity index (χ4v) is 6.90. The Hall–Kier alpha value is -2.23. The van der Waals surface area contributed by atoms with E-state index in [4.69, 9.17) is 4.98 Å². The topological polar surface area (TPSA) is 83.6 Å². The van der Waals surface area contributed by atoms with Crippen LogP contribution in [0.15, 0.2) is 27.3 Å². The number of aromatic nitrogens is 4. The molecule has 0 unspecified atom stereocenters. The van der Waals surface area contributed by atoms with Crippen LogP contribution in [0.2, 0.25) is 0 Å². The first kappa shape index (κ1) is 20.7. The smallest absolute Gasteiger partial charge is 0.259 e. The molecule has 0 aliphatic heterocycles. The Morgan fingerprint density at radius 1 is 1.23 bits per heavy atom. The normalized spacial score (nSPS) is 15.9. The second-order valence-electron chi connectivity index (χ2n) is 8.13. The molecule has 5 rings (SSSR count). The van der Waals surface area contributed by atoms with Crippen molar-refractivity contribution in [1.82, 2.24) is 20.2 Å². The van der Waals surface area contributed by atoms with Crippen LogP contribution in [0.4, 0.5) is 10.8 Å². The summed E-state index contributed by atoms with van der Waals surface area (Å²) in [5.74, 6) is 1.93. The van der Waals surface area contributed by atoms with Gasteiger partial charge >= 0.3 is 0 Å². The summed E-state index contributed by atoms with van der Waals surface area (Å²) in [6.07, 6.45) is 3.18. The molecular formula is C22H23N5OS3. The molecule has 31 heavy (non-hydrogen) atoms. The lowest BCUT2D eigenvalue weighted by Gasteiger charge is -2.17. The third kappa shape index (κ3) is 4.26. The van der Waals surface area contributed by atoms with Crippen LogP contribution in [-0.4, -0.2) is 20.2 Å². The lowest BCUT2D eigenvalue weighted by atomic mass is 9.89. The van der Waals surface area contributed by atoms with Crippen LogP contribution in [0, 0.1) is 19.8 Å². The van der Waals surface area contributed by atoms with Gasteiger partial charge in [-0.15, -0.1) is 21.5 Å². The lowest BCUT2D eigenvalue weighted by molar-refractivity contribution is 0.509. The molecule has 160 valence electrons. The van der Waals surface area contributed by atoms with Gasteiger partial charge in [0.05, 0.1) is 11.1 Å². The van der Waals surface area contributed by atoms with Crippen molar-refractivity contribution in [3.63, 3.8) is 0 Å². The number of fused-ring (bicyclic) bond motifs is 3. The zero-order valence-electron chi connectivity index (χ0n) is 17.6. The van der Waals surface area contributed by atoms with E-state index in [2.05, 4.69) is 53.4 Å². The van der Waals surface area contributed by atoms with E-state index in [1.165, 1.54) is 44.7 Å². The standard InChI is InChI=1S/C22H23N5OS3/c1-11-4-7-15-16(8-11)30-20-18(15)19(28)24-17(25-20)10-29-22-27-26-21(31-22)23-14-6-5-12(2)13(3)9-14/h5-6,9,11H,4,7-8,10H2,1-3H3,(H,23,26)(H,24,25,28)/t11-/m1/s1. The average molecular weight is 470 g/mol. The number of hydrogen-bond donors (Lipinski definition) is 2. The number of hydrogen-bond acceptors (Lipinski definition) is 8. The molecule has 1 atom stereocenters. The van der Waals surface area contributed by atoms with Gasteiger partial charge in [-0.05, 0) is 67.9 Å². The maximum atomic E-state index is 12.8. The summed E-state index contributed by atoms with van der Waals surface area (Å²) in [6.45, 7) is 6.47. The molecule has 3 heterocycles. The zero-order valence-corrected chi connectivity index (χ0v) is 20.1. The number of H-pyrrole nitrogens is 1. The fraction of sp³-hybridized carbons (Fsp3) is 0.364. The van der Waals surface area contributed by atoms with Gasteiger partial charge in [0.25, 0.3) is 5.56 Å². The second-order valence-corrected chi connectivity index (χ2v) is 11.4. The first-order valence-electron chi connectivity index (χ1n) is 10.3. The third-order valence-electron chi connectivity index (χ3n) is 5.71. The van der Waals surface area contributed by atoms with Crippen LogP contribution in [0.1, 0.15) is 40.7 Å². The van der Waals surface area contributed by atoms with E-state index in [0.29, 0.717) is 17.5 Å². The summed E-state index contributed by atoms with van der Waals surface area (Å²) in [6, 6.07) is 6.24. The van der Waals surface area contributed by atoms with Crippen LogP contribution in [0.3, 0.4) is 0 Å². The molecule has 2 N–H and O–H groups in total. The Bertz CT molecular complexity index is 1320. The molecule has 1 aliphatic rings. The molecule has 0 amide bonds. The number of thioether (sulfide) groups is 1. The highest BCUT2D eigenvalue weighted by Crippen LogP contribution is 2.36. The Labute approximate surface area is 192 Å². The van der Waals surface area contributed by atoms with Gasteiger partial charge in [-0.1, -0.05) is 36.1 Å². The first-order valence-corrected chi connectivity index (χ1v) is 12.9. The van der Waals surface area contributed by atoms with Crippen molar-refractivity contribution in [2.45, 2.75) is 50.1 Å². The minimum Gasteiger partial charge on any atom is -0.330 e. The molecule has 1 aromatic carbocycles. The van der Waals surface area contributed by atoms with Gasteiger partial charge < -0.3 is 10.3 Å². The molecule has 0 saturated heterocycles. The Kier molecular flexibility index (Phi) is 5.58. The predicted molar refractivity (Wildman–Crippen MR) is 130 cm³/mol. The van der Waals surface area contributed by atoms with Crippen LogP contribution in [-0.2, 0) is 18.6 Å². The van der Waals surface area contributed by atoms with E-state index < -0.39 is 0 Å². The van der Waals surface area contributed by atoms with Crippen molar-refractivity contribution in [1.29, 1.82) is 0 Å². The number of benzene rings is 1. The minimum atomic E-state index is -0.0120. The van der Waals surface area contributed by atoms with Crippen LogP contribution in [0.25, 0.3) is 10.2 Å². The van der Waals surface area contributed by atoms with Crippen molar-refractivity contribution in [3.05, 3.63) is 55.9 Å². The summed E-state index contributed by atoms with van der Waals surface area (Å²) in [4.78, 5) is 22.7. The minimum absolute atomic E-state index is 0.0120. The summed E-state index contributed by atoms with van der Waals surface area (Å²) < 4.78 is 0.841. The monoisotopic (exact) mass is 469 g/mol. The molecule has 0 fully saturated rings. The van der Waals surface area contributed by atoms with Crippen LogP contribution < -0.4 is 10.9 Å². The van der Waals surface area contributed by atoms with Crippen molar-refractivity contribution >= 4 is 55.5 Å². The number of aryl methyl sites for hydroxylation is 3. The van der Waals surface area contributed by atoms with Gasteiger partial charge in [0, 0.05) is 10.6 Å². The van der Waals surface area contributed by atoms with Crippen molar-refractivity contribution < 1.29 is 0 Å². The second kappa shape index (κ2) is 8.37. The van der Waals surface area contributed by atoms with Crippen molar-refractivity contribution in [2.24, 2.45) is 5.92 Å². The Morgan fingerprint density at radius 3 is 2.94 bits per heavy atom. The molecule has 1 aliphatic carbocycles. The Balaban J connectivity index is 1.30. The maximum absolute atomic E-state index is 12.8. The van der Waals surface area contributed by atoms with E-state index in [1.54, 1.807) is 11.3 Å². The van der Waals surface area contributed by atoms with Crippen molar-refractivity contribution in [3.8, 4) is 0 Å². The van der Waals surface area contributed by atoms with Gasteiger partial charge in [-0.3, -0.25) is 4.79 Å². The highest BCUT2D eigenvalue weighted by atomic mass is 32.2. The number of anilines is 2. The molecule has 3 aromatic heterocycles. The van der Waals surface area contributed by atoms with Crippen molar-refractivity contribution in [2.75, 3.05) is 5.32 Å². The molecule has 9 heteroatoms. The number of thiophene rings is 1. The van der Waals surface area contributed by atoms with Gasteiger partial charge in [-0.25, -0.2) is 4.98 Å². The SMILES string of the molecule is Cc1ccc(Nc2nnc(SCc3nc4sc5c(c4c(=O)[nH]3)CC[C@@H](C)C5)s2)cc1C. The van der Waals surface area contributed by atoms with E-state index >= 15 is 0 Å². The lowest BCUT2D eigenvalue weighted by Crippen LogP contribution is -2.14. The molecule has 0 bridgehead atoms. The number of nitrogens with zero attached hydrogens (tertiary/aromatic N) is 3. The van der Waals surface area contributed by atoms with Crippen LogP contribution >= 0.6 is 34.4 Å². The zero-order chi connectivity index (χ0) is 21.5. The summed E-state index contributed by atoms with van der Waals surface area (Å²) >= 11 is 4.72. The highest BCUT2D eigenvalue weighted by molar-refractivity contribution is 8.00. The maximum Gasteiger partial charge on any atom is 0.259 e. The summed E-state index contributed by atoms with van der Waals surface area (Å²) in [7, 11) is 0. The van der Waals surface area contributed by atoms with E-state index in [1.807, 2.05) is 6.07 Å². The molecular weight excluding hydrogens is 446 g/mol. The molecule has 0 radical (unpaired) electrons. The average Bonchev–Trinajstić information content (AvgIpc) is 3.32. The Morgan fingerprint density at radius 2 is 2.10 bits per heavy atom. The number of aromatic amines is 1. The molecule has 0 saturated carbocycles. The van der Waals surface area contributed by atoms with E-state index in [9.17, 15) is 4.79 Å². The van der Waals surface area contributed by atoms with Gasteiger partial charge in [0.15, 0.2) is 4.34 Å². The highest BCUT2D eigenvalue weighted by Gasteiger charge is 2.23. The summed E-state index contributed by atoms with van der Waals surface area (Å²) in [5, 5.41) is 13.4. The number of nitrogens with one attached hydrogen (secondary N) is 2. The quantitative estimate of drug-likeness (QED) is 0.370. The predicted octanol–water partition coefficient (Wildman–Crippen LogP) is 5.61. The van der Waals surface area contributed by atoms with Gasteiger partial charge in [0.2, 0.25) is 5.13 Å². The van der Waals surface area contributed by atoms with E-state index in [-0.39, 0.29) is 5.56 Å². The molecule has 6 nitrogen and oxygen atoms in total. The third-order valence-corrected chi connectivity index (χ3v) is 8.84.